The van der Waals surface area contributed by atoms with Gasteiger partial charge in [-0.3, -0.25) is 0 Å². The third-order valence-corrected chi connectivity index (χ3v) is 12.4. The fraction of sp³-hybridized carbons (Fsp3) is 0.630. The highest BCUT2D eigenvalue weighted by atomic mass is 28.4. The van der Waals surface area contributed by atoms with Gasteiger partial charge in [-0.15, -0.1) is 0 Å². The number of hydrogen-bond donors (Lipinski definition) is 0. The Morgan fingerprint density at radius 2 is 1.32 bits per heavy atom. The zero-order valence-electron chi connectivity index (χ0n) is 22.6. The molecule has 0 aromatic heterocycles. The summed E-state index contributed by atoms with van der Waals surface area (Å²) in [6.07, 6.45) is 0. The molecule has 0 heterocycles. The predicted molar refractivity (Wildman–Crippen MR) is 146 cm³/mol. The molecule has 0 N–H and O–H groups in total. The molecular weight excluding hydrogens is 425 g/mol. The smallest absolute Gasteiger partial charge is 0.242 e. The van der Waals surface area contributed by atoms with Crippen molar-refractivity contribution in [3.63, 3.8) is 0 Å². The Labute approximate surface area is 198 Å². The van der Waals surface area contributed by atoms with Crippen LogP contribution < -0.4 is 9.61 Å². The number of allylic oxidation sites excluding steroid dienone is 4. The Balaban J connectivity index is 2.96. The molecule has 4 heteroatoms. The number of benzene rings is 1. The Kier molecular flexibility index (Phi) is 6.96. The molecule has 0 spiro atoms. The molecule has 0 saturated heterocycles. The van der Waals surface area contributed by atoms with Gasteiger partial charge in [0.05, 0.1) is 0 Å². The van der Waals surface area contributed by atoms with Crippen molar-refractivity contribution in [1.29, 1.82) is 0 Å². The lowest BCUT2D eigenvalue weighted by Gasteiger charge is -2.38. The van der Waals surface area contributed by atoms with Gasteiger partial charge in [0.2, 0.25) is 8.32 Å². The molecular formula is C27H45OSi3. The van der Waals surface area contributed by atoms with Gasteiger partial charge in [-0.1, -0.05) is 83.1 Å². The molecule has 2 rings (SSSR count). The largest absolute Gasteiger partial charge is 0.544 e. The first-order valence-electron chi connectivity index (χ1n) is 11.7. The zero-order chi connectivity index (χ0) is 24.3. The molecule has 1 nitrogen and oxygen atoms in total. The molecule has 0 amide bonds. The van der Waals surface area contributed by atoms with Gasteiger partial charge in [0, 0.05) is 10.2 Å². The lowest BCUT2D eigenvalue weighted by atomic mass is 9.80. The molecule has 1 aliphatic carbocycles. The van der Waals surface area contributed by atoms with Gasteiger partial charge in [0.15, 0.2) is 0 Å². The van der Waals surface area contributed by atoms with Crippen molar-refractivity contribution in [1.82, 2.24) is 0 Å². The van der Waals surface area contributed by atoms with E-state index in [2.05, 4.69) is 117 Å². The Hall–Kier alpha value is -0.849. The lowest BCUT2D eigenvalue weighted by Crippen LogP contribution is -2.49. The van der Waals surface area contributed by atoms with Gasteiger partial charge in [0.1, 0.15) is 13.8 Å². The van der Waals surface area contributed by atoms with Crippen molar-refractivity contribution in [3.8, 4) is 5.75 Å². The first kappa shape index (κ1) is 26.4. The molecule has 1 unspecified atom stereocenters. The van der Waals surface area contributed by atoms with E-state index in [1.807, 2.05) is 0 Å². The maximum absolute atomic E-state index is 6.95. The third-order valence-electron chi connectivity index (χ3n) is 6.80. The first-order valence-corrected chi connectivity index (χ1v) is 18.7. The minimum atomic E-state index is -2.03. The van der Waals surface area contributed by atoms with Crippen LogP contribution in [0.4, 0.5) is 0 Å². The molecule has 1 aromatic rings. The van der Waals surface area contributed by atoms with Crippen molar-refractivity contribution in [2.45, 2.75) is 111 Å². The van der Waals surface area contributed by atoms with Crippen LogP contribution in [0.2, 0.25) is 38.3 Å². The van der Waals surface area contributed by atoms with E-state index in [9.17, 15) is 0 Å². The van der Waals surface area contributed by atoms with Crippen LogP contribution in [0.25, 0.3) is 0 Å². The number of hydrogen-bond acceptors (Lipinski definition) is 1. The van der Waals surface area contributed by atoms with Gasteiger partial charge in [-0.05, 0) is 78.7 Å². The first-order chi connectivity index (χ1) is 13.7. The van der Waals surface area contributed by atoms with Crippen LogP contribution in [0.5, 0.6) is 5.75 Å². The van der Waals surface area contributed by atoms with Gasteiger partial charge in [0.25, 0.3) is 0 Å². The molecule has 3 radical (unpaired) electrons. The van der Waals surface area contributed by atoms with Crippen molar-refractivity contribution >= 4 is 31.8 Å². The Morgan fingerprint density at radius 1 is 0.806 bits per heavy atom. The summed E-state index contributed by atoms with van der Waals surface area (Å²) in [6.45, 7) is 32.8. The molecule has 171 valence electrons. The van der Waals surface area contributed by atoms with Gasteiger partial charge >= 0.3 is 0 Å². The van der Waals surface area contributed by atoms with Gasteiger partial charge < -0.3 is 4.43 Å². The minimum absolute atomic E-state index is 0.0199. The summed E-state index contributed by atoms with van der Waals surface area (Å²) >= 11 is 0. The van der Waals surface area contributed by atoms with Gasteiger partial charge in [-0.2, -0.15) is 0 Å². The molecule has 0 fully saturated rings. The lowest BCUT2D eigenvalue weighted by molar-refractivity contribution is 0.506. The highest BCUT2D eigenvalue weighted by Crippen LogP contribution is 2.45. The van der Waals surface area contributed by atoms with Crippen LogP contribution in [0.15, 0.2) is 34.0 Å². The summed E-state index contributed by atoms with van der Waals surface area (Å²) in [6, 6.07) is 4.93. The van der Waals surface area contributed by atoms with E-state index in [4.69, 9.17) is 4.43 Å². The topological polar surface area (TPSA) is 9.23 Å². The SMILES string of the molecule is CC1=C(C)C([Si])C([Si](C)(C)c2cc(C(C)(C)C)cc(C(C)(C)C)c2O[Si](C)(C)C)=C1C. The van der Waals surface area contributed by atoms with E-state index in [-0.39, 0.29) is 10.8 Å². The summed E-state index contributed by atoms with van der Waals surface area (Å²) in [5.74, 6) is 1.18. The van der Waals surface area contributed by atoms with E-state index in [1.165, 1.54) is 38.8 Å². The molecule has 1 atom stereocenters. The summed E-state index contributed by atoms with van der Waals surface area (Å²) in [5.41, 5.74) is 7.61. The van der Waals surface area contributed by atoms with E-state index >= 15 is 0 Å². The Bertz CT molecular complexity index is 929. The molecule has 1 aliphatic rings. The average Bonchev–Trinajstić information content (AvgIpc) is 2.75. The molecule has 31 heavy (non-hydrogen) atoms. The van der Waals surface area contributed by atoms with Crippen LogP contribution in [0.1, 0.15) is 73.4 Å². The minimum Gasteiger partial charge on any atom is -0.544 e. The quantitative estimate of drug-likeness (QED) is 0.413. The third kappa shape index (κ3) is 5.22. The van der Waals surface area contributed by atoms with Crippen LogP contribution in [-0.2, 0) is 10.8 Å². The number of rotatable bonds is 4. The van der Waals surface area contributed by atoms with Crippen molar-refractivity contribution < 1.29 is 4.43 Å². The van der Waals surface area contributed by atoms with Crippen LogP contribution in [-0.4, -0.2) is 26.6 Å². The molecule has 0 saturated carbocycles. The molecule has 1 aromatic carbocycles. The summed E-state index contributed by atoms with van der Waals surface area (Å²) in [7, 11) is 0.301. The van der Waals surface area contributed by atoms with Crippen molar-refractivity contribution in [3.05, 3.63) is 45.2 Å². The zero-order valence-corrected chi connectivity index (χ0v) is 25.6. The second-order valence-electron chi connectivity index (χ2n) is 13.0. The van der Waals surface area contributed by atoms with E-state index < -0.39 is 16.4 Å². The summed E-state index contributed by atoms with van der Waals surface area (Å²) < 4.78 is 6.95. The van der Waals surface area contributed by atoms with E-state index in [0.717, 1.165) is 0 Å². The van der Waals surface area contributed by atoms with E-state index in [0.29, 0.717) is 5.54 Å². The maximum atomic E-state index is 6.95. The summed E-state index contributed by atoms with van der Waals surface area (Å²) in [4.78, 5) is 0. The average molecular weight is 470 g/mol. The second kappa shape index (κ2) is 8.18. The predicted octanol–water partition coefficient (Wildman–Crippen LogP) is 7.57. The van der Waals surface area contributed by atoms with Crippen molar-refractivity contribution in [2.24, 2.45) is 0 Å². The van der Waals surface area contributed by atoms with Crippen LogP contribution in [0, 0.1) is 0 Å². The van der Waals surface area contributed by atoms with Crippen LogP contribution in [0.3, 0.4) is 0 Å². The standard InChI is InChI=1S/C27H45OSi3/c1-17-18(2)24(29)25(19(17)3)31(13,14)22-16-20(26(4,5)6)15-21(27(7,8)9)23(22)28-30(10,11)12/h15-16,24H,1-14H3. The fourth-order valence-corrected chi connectivity index (χ4v) is 10.7. The highest BCUT2D eigenvalue weighted by Gasteiger charge is 2.42. The van der Waals surface area contributed by atoms with Gasteiger partial charge in [-0.25, -0.2) is 0 Å². The molecule has 0 bridgehead atoms. The van der Waals surface area contributed by atoms with Crippen LogP contribution >= 0.6 is 0 Å². The van der Waals surface area contributed by atoms with Crippen molar-refractivity contribution in [2.75, 3.05) is 0 Å². The monoisotopic (exact) mass is 469 g/mol. The highest BCUT2D eigenvalue weighted by molar-refractivity contribution is 6.97. The van der Waals surface area contributed by atoms with E-state index in [1.54, 1.807) is 5.20 Å². The fourth-order valence-electron chi connectivity index (χ4n) is 4.62. The Morgan fingerprint density at radius 3 is 1.68 bits per heavy atom. The maximum Gasteiger partial charge on any atom is 0.242 e. The molecule has 0 aliphatic heterocycles. The second-order valence-corrected chi connectivity index (χ2v) is 22.4. The summed E-state index contributed by atoms with van der Waals surface area (Å²) in [5, 5.41) is 3.07. The normalized spacial score (nSPS) is 18.9.